The molecular weight excluding hydrogens is 919 g/mol. The number of benzene rings is 4. The van der Waals surface area contributed by atoms with Crippen LogP contribution in [0.4, 0.5) is 16.6 Å². The van der Waals surface area contributed by atoms with Crippen LogP contribution in [0.2, 0.25) is 0 Å². The lowest BCUT2D eigenvalue weighted by Gasteiger charge is -2.52. The number of fused-ring (bicyclic) bond motifs is 3. The molecular formula is C54H55N9O7S. The molecule has 7 aromatic rings. The van der Waals surface area contributed by atoms with Gasteiger partial charge in [0.15, 0.2) is 10.8 Å². The summed E-state index contributed by atoms with van der Waals surface area (Å²) in [4.78, 5) is 65.1. The lowest BCUT2D eigenvalue weighted by Crippen LogP contribution is -2.49. The lowest BCUT2D eigenvalue weighted by atomic mass is 9.58. The summed E-state index contributed by atoms with van der Waals surface area (Å²) in [6.45, 7) is 5.55. The zero-order valence-corrected chi connectivity index (χ0v) is 40.4. The third kappa shape index (κ3) is 9.20. The topological polar surface area (TPSA) is 204 Å². The molecule has 1 aliphatic carbocycles. The summed E-state index contributed by atoms with van der Waals surface area (Å²) >= 11 is 1.43. The number of amides is 3. The van der Waals surface area contributed by atoms with Crippen molar-refractivity contribution in [2.45, 2.75) is 70.6 Å². The number of carbonyl (C=O) groups is 4. The second-order valence-corrected chi connectivity index (χ2v) is 20.7. The zero-order chi connectivity index (χ0) is 49.0. The Morgan fingerprint density at radius 3 is 2.54 bits per heavy atom. The molecule has 2 saturated heterocycles. The van der Waals surface area contributed by atoms with Crippen molar-refractivity contribution >= 4 is 72.8 Å². The second-order valence-electron chi connectivity index (χ2n) is 19.7. The molecule has 1 saturated carbocycles. The number of hydrogen-bond donors (Lipinski definition) is 5. The van der Waals surface area contributed by atoms with Gasteiger partial charge >= 0.3 is 5.97 Å². The number of ether oxygens (including phenoxy) is 1. The number of piperidine rings is 2. The van der Waals surface area contributed by atoms with Crippen LogP contribution in [-0.2, 0) is 29.6 Å². The number of pyridine rings is 1. The van der Waals surface area contributed by atoms with E-state index in [1.165, 1.54) is 11.3 Å². The van der Waals surface area contributed by atoms with E-state index in [-0.39, 0.29) is 34.7 Å². The summed E-state index contributed by atoms with van der Waals surface area (Å²) in [5.41, 5.74) is 7.92. The number of nitrogens with one attached hydrogen (secondary N) is 3. The van der Waals surface area contributed by atoms with Crippen molar-refractivity contribution in [1.29, 1.82) is 0 Å². The van der Waals surface area contributed by atoms with Gasteiger partial charge in [-0.2, -0.15) is 5.10 Å². The van der Waals surface area contributed by atoms with Crippen molar-refractivity contribution in [1.82, 2.24) is 30.0 Å². The van der Waals surface area contributed by atoms with Gasteiger partial charge in [0.1, 0.15) is 17.8 Å². The van der Waals surface area contributed by atoms with E-state index in [0.29, 0.717) is 79.2 Å². The number of carbonyl (C=O) groups excluding carboxylic acids is 3. The molecule has 71 heavy (non-hydrogen) atoms. The number of nitrogens with zero attached hydrogens (tertiary/aromatic N) is 6. The van der Waals surface area contributed by atoms with Gasteiger partial charge < -0.3 is 30.5 Å². The van der Waals surface area contributed by atoms with E-state index >= 15 is 0 Å². The van der Waals surface area contributed by atoms with Crippen molar-refractivity contribution in [2.75, 3.05) is 48.3 Å². The first-order chi connectivity index (χ1) is 34.4. The molecule has 2 atom stereocenters. The number of hydrogen-bond acceptors (Lipinski definition) is 12. The Morgan fingerprint density at radius 2 is 1.73 bits per heavy atom. The van der Waals surface area contributed by atoms with Crippen molar-refractivity contribution in [3.05, 3.63) is 125 Å². The molecule has 11 rings (SSSR count). The van der Waals surface area contributed by atoms with Crippen LogP contribution >= 0.6 is 11.3 Å². The highest BCUT2D eigenvalue weighted by molar-refractivity contribution is 7.22. The van der Waals surface area contributed by atoms with Crippen LogP contribution in [0, 0.1) is 18.3 Å². The third-order valence-corrected chi connectivity index (χ3v) is 16.1. The second kappa shape index (κ2) is 18.8. The molecule has 3 amide bonds. The van der Waals surface area contributed by atoms with E-state index in [0.717, 1.165) is 93.6 Å². The van der Waals surface area contributed by atoms with E-state index in [9.17, 15) is 29.4 Å². The lowest BCUT2D eigenvalue weighted by molar-refractivity contribution is -0.127. The van der Waals surface area contributed by atoms with Crippen LogP contribution < -0.4 is 25.6 Å². The van der Waals surface area contributed by atoms with Crippen LogP contribution in [0.15, 0.2) is 91.0 Å². The molecule has 1 spiro atoms. The number of thiazole rings is 1. The molecule has 0 radical (unpaired) electrons. The maximum Gasteiger partial charge on any atom is 0.355 e. The number of anilines is 3. The van der Waals surface area contributed by atoms with E-state index in [1.54, 1.807) is 4.68 Å². The maximum absolute atomic E-state index is 13.6. The number of para-hydroxylation sites is 1. The van der Waals surface area contributed by atoms with Crippen molar-refractivity contribution in [2.24, 2.45) is 18.4 Å². The minimum Gasteiger partial charge on any atom is -0.493 e. The Kier molecular flexibility index (Phi) is 12.3. The average molecular weight is 974 g/mol. The maximum atomic E-state index is 13.6. The zero-order valence-electron chi connectivity index (χ0n) is 39.6. The quantitative estimate of drug-likeness (QED) is 0.0794. The minimum absolute atomic E-state index is 0.0454. The number of aryl methyl sites for hydroxylation is 1. The van der Waals surface area contributed by atoms with Crippen LogP contribution in [0.3, 0.4) is 0 Å². The Bertz CT molecular complexity index is 3210. The number of aromatic carboxylic acids is 1. The fraction of sp³-hybridized carbons (Fsp3) is 0.352. The Labute approximate surface area is 414 Å². The van der Waals surface area contributed by atoms with Gasteiger partial charge in [0.2, 0.25) is 11.8 Å². The number of aromatic nitrogens is 4. The molecule has 3 aliphatic heterocycles. The van der Waals surface area contributed by atoms with E-state index in [4.69, 9.17) is 9.72 Å². The molecule has 5 N–H and O–H groups in total. The Morgan fingerprint density at radius 1 is 0.915 bits per heavy atom. The fourth-order valence-corrected chi connectivity index (χ4v) is 12.2. The Balaban J connectivity index is 0.680. The minimum atomic E-state index is -1.12. The first kappa shape index (κ1) is 46.2. The summed E-state index contributed by atoms with van der Waals surface area (Å²) in [7, 11) is 1.84. The number of rotatable bonds is 12. The summed E-state index contributed by atoms with van der Waals surface area (Å²) < 4.78 is 9.21. The van der Waals surface area contributed by atoms with Gasteiger partial charge in [0, 0.05) is 54.7 Å². The summed E-state index contributed by atoms with van der Waals surface area (Å²) in [6.07, 6.45) is 4.72. The van der Waals surface area contributed by atoms with Gasteiger partial charge in [-0.1, -0.05) is 47.7 Å². The number of aliphatic hydroxyl groups excluding tert-OH is 1. The van der Waals surface area contributed by atoms with Gasteiger partial charge in [-0.3, -0.25) is 29.3 Å². The number of likely N-dealkylation sites (tertiary alicyclic amines) is 1. The standard InChI is InChI=1S/C54H55N9O7S/c1-31-35(36-15-17-45(57-49(36)52(68)69)63-22-19-33-7-5-9-37(40(33)28-63)50(66)59-53-56-41-10-3-4-12-44(41)71-53)8-6-11-43(31)70-30-32-26-54(27-32)20-23-62(24-21-54)29-47(65)55-34-13-14-38-42(25-34)61(2)60-48(38)39-16-18-46(64)58-51(39)67/h3-15,17,25,32,39,51,67H,16,18-24,26-30H2,1-2H3,(H,55,65)(H,58,64)(H,68,69)(H,56,59,66). The van der Waals surface area contributed by atoms with Crippen molar-refractivity contribution in [3.8, 4) is 16.9 Å². The first-order valence-electron chi connectivity index (χ1n) is 24.3. The number of carboxylic acid groups (broad SMARTS) is 1. The molecule has 4 aromatic carbocycles. The predicted molar refractivity (Wildman–Crippen MR) is 272 cm³/mol. The van der Waals surface area contributed by atoms with E-state index < -0.39 is 12.2 Å². The van der Waals surface area contributed by atoms with Crippen LogP contribution in [-0.4, -0.2) is 97.6 Å². The van der Waals surface area contributed by atoms with Gasteiger partial charge in [-0.05, 0) is 147 Å². The average Bonchev–Trinajstić information content (AvgIpc) is 3.92. The molecule has 3 fully saturated rings. The molecule has 4 aliphatic rings. The van der Waals surface area contributed by atoms with Gasteiger partial charge in [-0.25, -0.2) is 14.8 Å². The van der Waals surface area contributed by atoms with Gasteiger partial charge in [0.05, 0.1) is 34.6 Å². The largest absolute Gasteiger partial charge is 0.493 e. The summed E-state index contributed by atoms with van der Waals surface area (Å²) in [5.74, 6) is -0.245. The highest BCUT2D eigenvalue weighted by Gasteiger charge is 2.46. The molecule has 364 valence electrons. The van der Waals surface area contributed by atoms with Crippen LogP contribution in [0.25, 0.3) is 32.2 Å². The highest BCUT2D eigenvalue weighted by Crippen LogP contribution is 2.53. The molecule has 6 heterocycles. The summed E-state index contributed by atoms with van der Waals surface area (Å²) in [5, 5.41) is 35.8. The van der Waals surface area contributed by atoms with Crippen LogP contribution in [0.5, 0.6) is 5.75 Å². The van der Waals surface area contributed by atoms with E-state index in [1.807, 2.05) is 110 Å². The molecule has 2 unspecified atom stereocenters. The smallest absolute Gasteiger partial charge is 0.355 e. The predicted octanol–water partition coefficient (Wildman–Crippen LogP) is 7.89. The molecule has 0 bridgehead atoms. The molecule has 17 heteroatoms. The summed E-state index contributed by atoms with van der Waals surface area (Å²) in [6, 6.07) is 28.6. The number of aliphatic hydroxyl groups is 1. The van der Waals surface area contributed by atoms with Gasteiger partial charge in [-0.15, -0.1) is 0 Å². The Hall–Kier alpha value is -7.21. The monoisotopic (exact) mass is 973 g/mol. The third-order valence-electron chi connectivity index (χ3n) is 15.1. The highest BCUT2D eigenvalue weighted by atomic mass is 32.1. The molecule has 3 aromatic heterocycles. The van der Waals surface area contributed by atoms with Crippen LogP contribution in [0.1, 0.15) is 87.7 Å². The first-order valence-corrected chi connectivity index (χ1v) is 25.1. The normalized spacial score (nSPS) is 19.0. The van der Waals surface area contributed by atoms with Gasteiger partial charge in [0.25, 0.3) is 5.91 Å². The fourth-order valence-electron chi connectivity index (χ4n) is 11.3. The SMILES string of the molecule is Cc1c(OCC2CC3(CCN(CC(=O)Nc4ccc5c(C6CCC(=O)NC6O)nn(C)c5c4)CC3)C2)cccc1-c1ccc(N2CCc3cccc(C(=O)Nc4nc5ccccc5s4)c3C2)nc1C(=O)O. The van der Waals surface area contributed by atoms with Crippen molar-refractivity contribution in [3.63, 3.8) is 0 Å². The van der Waals surface area contributed by atoms with Crippen molar-refractivity contribution < 1.29 is 34.1 Å². The molecule has 16 nitrogen and oxygen atoms in total. The number of carboxylic acids is 1. The van der Waals surface area contributed by atoms with E-state index in [2.05, 4.69) is 30.9 Å².